The topological polar surface area (TPSA) is 58.6 Å². The van der Waals surface area contributed by atoms with Crippen LogP contribution in [-0.4, -0.2) is 34.7 Å². The molecule has 1 saturated heterocycles. The second kappa shape index (κ2) is 6.66. The number of ether oxygens (including phenoxy) is 1. The third-order valence-corrected chi connectivity index (χ3v) is 6.53. The quantitative estimate of drug-likeness (QED) is 0.894. The van der Waals surface area contributed by atoms with Crippen molar-refractivity contribution in [2.75, 3.05) is 35.9 Å². The van der Waals surface area contributed by atoms with E-state index in [0.29, 0.717) is 32.0 Å². The van der Waals surface area contributed by atoms with Gasteiger partial charge in [-0.3, -0.25) is 4.72 Å². The monoisotopic (exact) mass is 374 g/mol. The van der Waals surface area contributed by atoms with Crippen LogP contribution in [0.4, 0.5) is 20.2 Å². The maximum Gasteiger partial charge on any atom is 0.271 e. The molecule has 0 amide bonds. The van der Waals surface area contributed by atoms with Gasteiger partial charge in [0.05, 0.1) is 24.6 Å². The molecule has 1 N–H and O–H groups in total. The molecule has 1 fully saturated rings. The van der Waals surface area contributed by atoms with Gasteiger partial charge >= 0.3 is 0 Å². The van der Waals surface area contributed by atoms with E-state index in [2.05, 4.69) is 4.72 Å². The lowest BCUT2D eigenvalue weighted by atomic mass is 10.2. The van der Waals surface area contributed by atoms with E-state index in [1.165, 1.54) is 6.07 Å². The maximum absolute atomic E-state index is 13.7. The van der Waals surface area contributed by atoms with E-state index in [1.807, 2.05) is 0 Å². The van der Waals surface area contributed by atoms with Gasteiger partial charge in [0.15, 0.2) is 11.6 Å². The van der Waals surface area contributed by atoms with E-state index >= 15 is 0 Å². The first-order chi connectivity index (χ1) is 11.4. The molecule has 3 rings (SSSR count). The van der Waals surface area contributed by atoms with Gasteiger partial charge < -0.3 is 9.64 Å². The van der Waals surface area contributed by atoms with Crippen molar-refractivity contribution in [3.63, 3.8) is 0 Å². The van der Waals surface area contributed by atoms with Gasteiger partial charge in [-0.1, -0.05) is 0 Å². The summed E-state index contributed by atoms with van der Waals surface area (Å²) in [7, 11) is -3.86. The summed E-state index contributed by atoms with van der Waals surface area (Å²) in [5, 5.41) is 1.71. The highest BCUT2D eigenvalue weighted by Crippen LogP contribution is 2.32. The Balaban J connectivity index is 1.98. The molecule has 130 valence electrons. The largest absolute Gasteiger partial charge is 0.378 e. The first-order valence-corrected chi connectivity index (χ1v) is 9.63. The molecular weight excluding hydrogens is 358 g/mol. The Kier molecular flexibility index (Phi) is 4.75. The van der Waals surface area contributed by atoms with E-state index in [4.69, 9.17) is 4.74 Å². The summed E-state index contributed by atoms with van der Waals surface area (Å²) in [4.78, 5) is 1.77. The maximum atomic E-state index is 13.7. The summed E-state index contributed by atoms with van der Waals surface area (Å²) in [6.07, 6.45) is 0. The number of aryl methyl sites for hydroxylation is 1. The molecule has 24 heavy (non-hydrogen) atoms. The molecule has 0 bridgehead atoms. The number of thiophene rings is 1. The summed E-state index contributed by atoms with van der Waals surface area (Å²) < 4.78 is 60.0. The fourth-order valence-electron chi connectivity index (χ4n) is 2.42. The van der Waals surface area contributed by atoms with Crippen LogP contribution in [0, 0.1) is 18.6 Å². The molecule has 1 aliphatic heterocycles. The van der Waals surface area contributed by atoms with Gasteiger partial charge in [-0.2, -0.15) is 0 Å². The van der Waals surface area contributed by atoms with Gasteiger partial charge in [0, 0.05) is 25.2 Å². The molecule has 0 radical (unpaired) electrons. The van der Waals surface area contributed by atoms with Crippen LogP contribution in [-0.2, 0) is 14.8 Å². The highest BCUT2D eigenvalue weighted by Gasteiger charge is 2.23. The standard InChI is InChI=1S/C15H16F2N2O3S2/c1-10-6-15(23-9-10)24(20,21)18-13-7-11(16)12(17)8-14(13)19-2-4-22-5-3-19/h6-9,18H,2-5H2,1H3. The van der Waals surface area contributed by atoms with Gasteiger partial charge in [0.1, 0.15) is 4.21 Å². The Bertz CT molecular complexity index is 846. The summed E-state index contributed by atoms with van der Waals surface area (Å²) in [6.45, 7) is 3.60. The Morgan fingerprint density at radius 1 is 1.17 bits per heavy atom. The molecule has 2 heterocycles. The Labute approximate surface area is 142 Å². The van der Waals surface area contributed by atoms with Gasteiger partial charge in [0.25, 0.3) is 10.0 Å². The van der Waals surface area contributed by atoms with Crippen molar-refractivity contribution < 1.29 is 21.9 Å². The zero-order valence-electron chi connectivity index (χ0n) is 12.9. The molecule has 5 nitrogen and oxygen atoms in total. The predicted molar refractivity (Wildman–Crippen MR) is 89.3 cm³/mol. The smallest absolute Gasteiger partial charge is 0.271 e. The second-order valence-corrected chi connectivity index (χ2v) is 8.25. The fourth-order valence-corrected chi connectivity index (χ4v) is 4.72. The van der Waals surface area contributed by atoms with Crippen molar-refractivity contribution in [3.05, 3.63) is 40.8 Å². The van der Waals surface area contributed by atoms with Crippen molar-refractivity contribution >= 4 is 32.7 Å². The average Bonchev–Trinajstić information content (AvgIpc) is 2.99. The minimum absolute atomic E-state index is 0.0156. The number of hydrogen-bond donors (Lipinski definition) is 1. The number of nitrogens with one attached hydrogen (secondary N) is 1. The molecular formula is C15H16F2N2O3S2. The van der Waals surface area contributed by atoms with Crippen LogP contribution in [0.5, 0.6) is 0 Å². The van der Waals surface area contributed by atoms with Crippen LogP contribution < -0.4 is 9.62 Å². The van der Waals surface area contributed by atoms with Crippen molar-refractivity contribution in [1.29, 1.82) is 0 Å². The number of anilines is 2. The third kappa shape index (κ3) is 3.52. The number of rotatable bonds is 4. The molecule has 1 aliphatic rings. The lowest BCUT2D eigenvalue weighted by molar-refractivity contribution is 0.122. The third-order valence-electron chi connectivity index (χ3n) is 3.61. The first kappa shape index (κ1) is 17.1. The average molecular weight is 374 g/mol. The van der Waals surface area contributed by atoms with Crippen LogP contribution >= 0.6 is 11.3 Å². The Morgan fingerprint density at radius 3 is 2.46 bits per heavy atom. The van der Waals surface area contributed by atoms with Gasteiger partial charge in [-0.25, -0.2) is 17.2 Å². The van der Waals surface area contributed by atoms with Crippen molar-refractivity contribution in [2.24, 2.45) is 0 Å². The number of morpholine rings is 1. The highest BCUT2D eigenvalue weighted by molar-refractivity contribution is 7.94. The van der Waals surface area contributed by atoms with Crippen LogP contribution in [0.25, 0.3) is 0 Å². The lowest BCUT2D eigenvalue weighted by Gasteiger charge is -2.30. The van der Waals surface area contributed by atoms with E-state index in [9.17, 15) is 17.2 Å². The zero-order chi connectivity index (χ0) is 17.3. The zero-order valence-corrected chi connectivity index (χ0v) is 14.5. The number of nitrogens with zero attached hydrogens (tertiary/aromatic N) is 1. The van der Waals surface area contributed by atoms with Crippen LogP contribution in [0.1, 0.15) is 5.56 Å². The molecule has 0 unspecified atom stereocenters. The fraction of sp³-hybridized carbons (Fsp3) is 0.333. The first-order valence-electron chi connectivity index (χ1n) is 7.26. The van der Waals surface area contributed by atoms with E-state index < -0.39 is 21.7 Å². The molecule has 0 saturated carbocycles. The Hall–Kier alpha value is -1.71. The summed E-state index contributed by atoms with van der Waals surface area (Å²) >= 11 is 1.07. The highest BCUT2D eigenvalue weighted by atomic mass is 32.2. The number of benzene rings is 1. The van der Waals surface area contributed by atoms with Crippen molar-refractivity contribution in [1.82, 2.24) is 0 Å². The lowest BCUT2D eigenvalue weighted by Crippen LogP contribution is -2.37. The summed E-state index contributed by atoms with van der Waals surface area (Å²) in [5.74, 6) is -2.13. The molecule has 0 atom stereocenters. The summed E-state index contributed by atoms with van der Waals surface area (Å²) in [6, 6.07) is 3.41. The second-order valence-electron chi connectivity index (χ2n) is 5.43. The molecule has 1 aromatic carbocycles. The van der Waals surface area contributed by atoms with Gasteiger partial charge in [0.2, 0.25) is 0 Å². The van der Waals surface area contributed by atoms with Crippen molar-refractivity contribution in [2.45, 2.75) is 11.1 Å². The summed E-state index contributed by atoms with van der Waals surface area (Å²) in [5.41, 5.74) is 1.13. The molecule has 9 heteroatoms. The SMILES string of the molecule is Cc1csc(S(=O)(=O)Nc2cc(F)c(F)cc2N2CCOCC2)c1. The predicted octanol–water partition coefficient (Wildman–Crippen LogP) is 2.97. The normalized spacial score (nSPS) is 15.5. The molecule has 0 spiro atoms. The number of sulfonamides is 1. The van der Waals surface area contributed by atoms with Crippen LogP contribution in [0.15, 0.2) is 27.8 Å². The van der Waals surface area contributed by atoms with Crippen LogP contribution in [0.2, 0.25) is 0 Å². The van der Waals surface area contributed by atoms with E-state index in [0.717, 1.165) is 29.0 Å². The minimum Gasteiger partial charge on any atom is -0.378 e. The van der Waals surface area contributed by atoms with E-state index in [1.54, 1.807) is 17.2 Å². The van der Waals surface area contributed by atoms with Crippen LogP contribution in [0.3, 0.4) is 0 Å². The number of halogens is 2. The molecule has 0 aliphatic carbocycles. The Morgan fingerprint density at radius 2 is 1.83 bits per heavy atom. The minimum atomic E-state index is -3.86. The van der Waals surface area contributed by atoms with Crippen molar-refractivity contribution in [3.8, 4) is 0 Å². The number of hydrogen-bond acceptors (Lipinski definition) is 5. The van der Waals surface area contributed by atoms with Gasteiger partial charge in [-0.15, -0.1) is 11.3 Å². The van der Waals surface area contributed by atoms with Gasteiger partial charge in [-0.05, 0) is 23.9 Å². The molecule has 2 aromatic rings. The van der Waals surface area contributed by atoms with E-state index in [-0.39, 0.29) is 9.90 Å². The molecule has 1 aromatic heterocycles.